The Morgan fingerprint density at radius 3 is 2.58 bits per heavy atom. The Kier molecular flexibility index (Phi) is 9.33. The quantitative estimate of drug-likeness (QED) is 0.274. The third-order valence-electron chi connectivity index (χ3n) is 9.94. The Balaban J connectivity index is 1.11. The molecule has 12 nitrogen and oxygen atoms in total. The van der Waals surface area contributed by atoms with Crippen LogP contribution in [-0.4, -0.2) is 89.3 Å². The van der Waals surface area contributed by atoms with E-state index in [2.05, 4.69) is 41.6 Å². The Morgan fingerprint density at radius 2 is 1.90 bits per heavy atom. The van der Waals surface area contributed by atoms with Gasteiger partial charge in [0.25, 0.3) is 6.43 Å². The highest BCUT2D eigenvalue weighted by atomic mass is 19.3. The van der Waals surface area contributed by atoms with Gasteiger partial charge in [-0.15, -0.1) is 10.2 Å². The van der Waals surface area contributed by atoms with E-state index in [-0.39, 0.29) is 23.2 Å². The van der Waals surface area contributed by atoms with Crippen LogP contribution in [0.1, 0.15) is 83.6 Å². The summed E-state index contributed by atoms with van der Waals surface area (Å²) < 4.78 is 33.0. The number of carbonyl (C=O) groups is 2. The van der Waals surface area contributed by atoms with E-state index in [1.807, 2.05) is 11.0 Å². The number of piperidine rings is 1. The molecule has 1 aromatic carbocycles. The summed E-state index contributed by atoms with van der Waals surface area (Å²) in [5.74, 6) is 5.73. The van der Waals surface area contributed by atoms with Gasteiger partial charge in [0.2, 0.25) is 5.91 Å². The van der Waals surface area contributed by atoms with E-state index in [9.17, 15) is 18.4 Å². The molecule has 0 aliphatic carbocycles. The van der Waals surface area contributed by atoms with Gasteiger partial charge >= 0.3 is 5.97 Å². The van der Waals surface area contributed by atoms with Crippen molar-refractivity contribution in [1.82, 2.24) is 39.6 Å². The second-order valence-electron chi connectivity index (χ2n) is 13.1. The zero-order chi connectivity index (χ0) is 34.9. The van der Waals surface area contributed by atoms with Crippen LogP contribution in [-0.2, 0) is 31.2 Å². The molecule has 50 heavy (non-hydrogen) atoms. The van der Waals surface area contributed by atoms with Crippen molar-refractivity contribution < 1.29 is 23.5 Å². The molecule has 0 saturated carbocycles. The predicted molar refractivity (Wildman–Crippen MR) is 181 cm³/mol. The first-order chi connectivity index (χ1) is 24.2. The van der Waals surface area contributed by atoms with E-state index < -0.39 is 12.4 Å². The van der Waals surface area contributed by atoms with Crippen molar-refractivity contribution in [3.05, 3.63) is 70.4 Å². The van der Waals surface area contributed by atoms with Gasteiger partial charge in [0.05, 0.1) is 18.8 Å². The predicted octanol–water partition coefficient (Wildman–Crippen LogP) is 4.78. The molecule has 1 amide bonds. The zero-order valence-corrected chi connectivity index (χ0v) is 28.1. The summed E-state index contributed by atoms with van der Waals surface area (Å²) in [6, 6.07) is 6.67. The van der Waals surface area contributed by atoms with Gasteiger partial charge < -0.3 is 19.8 Å². The fourth-order valence-corrected chi connectivity index (χ4v) is 7.34. The van der Waals surface area contributed by atoms with E-state index in [4.69, 9.17) is 10.2 Å². The molecule has 1 N–H and O–H groups in total. The van der Waals surface area contributed by atoms with Crippen molar-refractivity contribution in [3.8, 4) is 23.0 Å². The van der Waals surface area contributed by atoms with E-state index >= 15 is 0 Å². The summed E-state index contributed by atoms with van der Waals surface area (Å²) in [5, 5.41) is 26.0. The maximum atomic E-state index is 14.6. The summed E-state index contributed by atoms with van der Waals surface area (Å²) in [7, 11) is 1.78. The van der Waals surface area contributed by atoms with Crippen LogP contribution in [0.5, 0.6) is 0 Å². The van der Waals surface area contributed by atoms with Crippen LogP contribution in [0, 0.1) is 11.8 Å². The molecule has 7 rings (SSSR count). The van der Waals surface area contributed by atoms with Crippen LogP contribution in [0.15, 0.2) is 36.7 Å². The third kappa shape index (κ3) is 6.69. The van der Waals surface area contributed by atoms with Crippen molar-refractivity contribution in [2.45, 2.75) is 64.5 Å². The SMILES string of the molecule is CC(=O)N1CCc2c(c(N3CCCc4cc(-c5cnn(C)c5)c(C(F)F)cc43)nn2C2CCN(CCC#Cc3ccc(C(=O)O)nn3)CC2)C1. The number of aromatic nitrogens is 6. The lowest BCUT2D eigenvalue weighted by Gasteiger charge is -2.33. The van der Waals surface area contributed by atoms with Crippen LogP contribution in [0.3, 0.4) is 0 Å². The topological polar surface area (TPSA) is 126 Å². The number of aryl methyl sites for hydroxylation is 2. The summed E-state index contributed by atoms with van der Waals surface area (Å²) >= 11 is 0. The molecule has 0 radical (unpaired) electrons. The minimum absolute atomic E-state index is 0.00946. The number of carboxylic acids is 1. The minimum Gasteiger partial charge on any atom is -0.476 e. The van der Waals surface area contributed by atoms with Gasteiger partial charge in [-0.2, -0.15) is 10.2 Å². The molecule has 0 spiro atoms. The second-order valence-corrected chi connectivity index (χ2v) is 13.1. The van der Waals surface area contributed by atoms with Gasteiger partial charge in [-0.3, -0.25) is 14.2 Å². The van der Waals surface area contributed by atoms with Gasteiger partial charge in [0, 0.05) is 93.8 Å². The first-order valence-corrected chi connectivity index (χ1v) is 17.0. The lowest BCUT2D eigenvalue weighted by atomic mass is 9.92. The first kappa shape index (κ1) is 33.3. The molecule has 4 aromatic rings. The molecular formula is C36H39F2N9O3. The maximum Gasteiger partial charge on any atom is 0.356 e. The number of hydrogen-bond acceptors (Lipinski definition) is 8. The number of amides is 1. The molecule has 0 atom stereocenters. The minimum atomic E-state index is -2.66. The number of carbonyl (C=O) groups excluding carboxylic acids is 1. The lowest BCUT2D eigenvalue weighted by molar-refractivity contribution is -0.129. The molecule has 6 heterocycles. The molecule has 1 saturated heterocycles. The number of rotatable bonds is 7. The second kappa shape index (κ2) is 14.0. The Morgan fingerprint density at radius 1 is 1.08 bits per heavy atom. The van der Waals surface area contributed by atoms with Gasteiger partial charge in [-0.05, 0) is 67.0 Å². The number of benzene rings is 1. The summed E-state index contributed by atoms with van der Waals surface area (Å²) in [6.07, 6.45) is 5.51. The van der Waals surface area contributed by atoms with Gasteiger partial charge in [0.1, 0.15) is 5.69 Å². The molecule has 3 aromatic heterocycles. The summed E-state index contributed by atoms with van der Waals surface area (Å²) in [4.78, 5) is 29.8. The van der Waals surface area contributed by atoms with Crippen molar-refractivity contribution in [2.75, 3.05) is 37.6 Å². The summed E-state index contributed by atoms with van der Waals surface area (Å²) in [6.45, 7) is 5.86. The Labute approximate surface area is 288 Å². The van der Waals surface area contributed by atoms with E-state index in [1.165, 1.54) is 6.07 Å². The molecule has 14 heteroatoms. The number of fused-ring (bicyclic) bond motifs is 2. The van der Waals surface area contributed by atoms with E-state index in [1.54, 1.807) is 43.2 Å². The van der Waals surface area contributed by atoms with Crippen molar-refractivity contribution in [2.24, 2.45) is 7.05 Å². The molecule has 0 unspecified atom stereocenters. The van der Waals surface area contributed by atoms with E-state index in [0.29, 0.717) is 49.3 Å². The highest BCUT2D eigenvalue weighted by Crippen LogP contribution is 2.43. The van der Waals surface area contributed by atoms with Crippen LogP contribution in [0.25, 0.3) is 11.1 Å². The smallest absolute Gasteiger partial charge is 0.356 e. The maximum absolute atomic E-state index is 14.6. The number of nitrogens with zero attached hydrogens (tertiary/aromatic N) is 9. The van der Waals surface area contributed by atoms with Crippen LogP contribution in [0.4, 0.5) is 20.3 Å². The van der Waals surface area contributed by atoms with Gasteiger partial charge in [-0.1, -0.05) is 5.92 Å². The van der Waals surface area contributed by atoms with Gasteiger partial charge in [-0.25, -0.2) is 13.6 Å². The monoisotopic (exact) mass is 683 g/mol. The lowest BCUT2D eigenvalue weighted by Crippen LogP contribution is -2.37. The first-order valence-electron chi connectivity index (χ1n) is 17.0. The number of likely N-dealkylation sites (tertiary alicyclic amines) is 1. The summed E-state index contributed by atoms with van der Waals surface area (Å²) in [5.41, 5.74) is 5.37. The van der Waals surface area contributed by atoms with Crippen LogP contribution < -0.4 is 4.90 Å². The number of anilines is 2. The number of halogens is 2. The average Bonchev–Trinajstić information content (AvgIpc) is 3.73. The zero-order valence-electron chi connectivity index (χ0n) is 28.1. The number of carboxylic acid groups (broad SMARTS) is 1. The van der Waals surface area contributed by atoms with Gasteiger partial charge in [0.15, 0.2) is 11.5 Å². The van der Waals surface area contributed by atoms with E-state index in [0.717, 1.165) is 73.6 Å². The number of alkyl halides is 2. The Hall–Kier alpha value is -5.16. The highest BCUT2D eigenvalue weighted by Gasteiger charge is 2.34. The Bertz CT molecular complexity index is 1970. The third-order valence-corrected chi connectivity index (χ3v) is 9.94. The normalized spacial score (nSPS) is 16.6. The molecular weight excluding hydrogens is 644 g/mol. The van der Waals surface area contributed by atoms with Crippen molar-refractivity contribution >= 4 is 23.4 Å². The molecule has 3 aliphatic heterocycles. The average molecular weight is 684 g/mol. The number of aromatic carboxylic acids is 1. The van der Waals surface area contributed by atoms with Crippen LogP contribution in [0.2, 0.25) is 0 Å². The molecule has 0 bridgehead atoms. The largest absolute Gasteiger partial charge is 0.476 e. The molecule has 3 aliphatic rings. The number of hydrogen-bond donors (Lipinski definition) is 1. The fourth-order valence-electron chi connectivity index (χ4n) is 7.34. The molecule has 260 valence electrons. The highest BCUT2D eigenvalue weighted by molar-refractivity contribution is 5.85. The standard InChI is InChI=1S/C36H39F2N9O3/c1-23(48)45-17-12-32-30(22-45)35(46-14-5-6-24-18-28(25-20-39-43(2)21-25)29(34(37)38)19-33(24)46)42-47(32)27-10-15-44(16-11-27)13-4-3-7-26-8-9-31(36(49)50)41-40-26/h8-9,18-21,27,34H,4-6,10-17,22H2,1-2H3,(H,49,50). The van der Waals surface area contributed by atoms with Crippen LogP contribution >= 0.6 is 0 Å². The fraction of sp³-hybridized carbons (Fsp3) is 0.444. The molecule has 1 fully saturated rings. The van der Waals surface area contributed by atoms with Crippen molar-refractivity contribution in [3.63, 3.8) is 0 Å². The van der Waals surface area contributed by atoms with Crippen molar-refractivity contribution in [1.29, 1.82) is 0 Å².